The van der Waals surface area contributed by atoms with E-state index in [0.717, 1.165) is 42.5 Å². The molecular formula is C20H26N4O3S. The molecule has 1 N–H and O–H groups in total. The van der Waals surface area contributed by atoms with Crippen LogP contribution in [0.5, 0.6) is 5.75 Å². The minimum absolute atomic E-state index is 0.00142. The Morgan fingerprint density at radius 2 is 2.00 bits per heavy atom. The summed E-state index contributed by atoms with van der Waals surface area (Å²) in [6.07, 6.45) is 2.78. The molecule has 2 aliphatic heterocycles. The second-order valence-electron chi connectivity index (χ2n) is 6.99. The van der Waals surface area contributed by atoms with Crippen molar-refractivity contribution in [3.05, 3.63) is 41.6 Å². The molecule has 2 aliphatic rings. The third-order valence-electron chi connectivity index (χ3n) is 5.19. The summed E-state index contributed by atoms with van der Waals surface area (Å²) in [5, 5.41) is 10.7. The summed E-state index contributed by atoms with van der Waals surface area (Å²) in [6, 6.07) is 3.31. The van der Waals surface area contributed by atoms with Crippen LogP contribution in [0, 0.1) is 0 Å². The van der Waals surface area contributed by atoms with Gasteiger partial charge in [0.2, 0.25) is 5.91 Å². The highest BCUT2D eigenvalue weighted by atomic mass is 32.2. The van der Waals surface area contributed by atoms with E-state index in [9.17, 15) is 14.7 Å². The van der Waals surface area contributed by atoms with Crippen LogP contribution in [0.3, 0.4) is 0 Å². The van der Waals surface area contributed by atoms with Gasteiger partial charge in [-0.15, -0.1) is 0 Å². The Labute approximate surface area is 169 Å². The molecule has 1 aromatic rings. The molecular weight excluding hydrogens is 376 g/mol. The van der Waals surface area contributed by atoms with Crippen molar-refractivity contribution in [2.24, 2.45) is 4.99 Å². The predicted octanol–water partition coefficient (Wildman–Crippen LogP) is 1.57. The molecule has 0 saturated carbocycles. The molecule has 0 radical (unpaired) electrons. The van der Waals surface area contributed by atoms with Crippen LogP contribution in [0.4, 0.5) is 0 Å². The average molecular weight is 403 g/mol. The number of aliphatic imine (C=N–C) groups is 1. The normalized spacial score (nSPS) is 18.0. The van der Waals surface area contributed by atoms with Crippen LogP contribution in [-0.4, -0.2) is 82.7 Å². The molecule has 1 aromatic carbocycles. The monoisotopic (exact) mass is 402 g/mol. The minimum Gasteiger partial charge on any atom is -0.507 e. The first-order valence-electron chi connectivity index (χ1n) is 9.35. The van der Waals surface area contributed by atoms with E-state index in [2.05, 4.69) is 28.4 Å². The molecule has 0 atom stereocenters. The first-order chi connectivity index (χ1) is 13.5. The fourth-order valence-corrected chi connectivity index (χ4v) is 4.47. The molecule has 7 nitrogen and oxygen atoms in total. The number of nitrogens with zero attached hydrogens (tertiary/aromatic N) is 4. The van der Waals surface area contributed by atoms with Gasteiger partial charge in [-0.05, 0) is 30.7 Å². The highest BCUT2D eigenvalue weighted by molar-refractivity contribution is 8.14. The summed E-state index contributed by atoms with van der Waals surface area (Å²) < 4.78 is 0. The maximum absolute atomic E-state index is 12.8. The van der Waals surface area contributed by atoms with E-state index >= 15 is 0 Å². The fraction of sp³-hybridized carbons (Fsp3) is 0.450. The van der Waals surface area contributed by atoms with Crippen molar-refractivity contribution in [3.63, 3.8) is 0 Å². The number of carbonyl (C=O) groups excluding carboxylic acids is 2. The van der Waals surface area contributed by atoms with Gasteiger partial charge in [-0.25, -0.2) is 4.99 Å². The Bertz CT molecular complexity index is 788. The van der Waals surface area contributed by atoms with Gasteiger partial charge in [-0.1, -0.05) is 24.4 Å². The fourth-order valence-electron chi connectivity index (χ4n) is 3.52. The molecule has 8 heteroatoms. The molecule has 2 heterocycles. The van der Waals surface area contributed by atoms with Crippen molar-refractivity contribution in [2.45, 2.75) is 13.0 Å². The van der Waals surface area contributed by atoms with E-state index in [1.807, 2.05) is 0 Å². The largest absolute Gasteiger partial charge is 0.507 e. The minimum atomic E-state index is 0.00142. The van der Waals surface area contributed by atoms with Crippen molar-refractivity contribution in [1.82, 2.24) is 14.7 Å². The third kappa shape index (κ3) is 4.56. The van der Waals surface area contributed by atoms with E-state index < -0.39 is 0 Å². The zero-order chi connectivity index (χ0) is 20.1. The quantitative estimate of drug-likeness (QED) is 0.468. The molecule has 3 rings (SSSR count). The number of thioether (sulfide) groups is 1. The van der Waals surface area contributed by atoms with Gasteiger partial charge in [0.1, 0.15) is 5.75 Å². The van der Waals surface area contributed by atoms with Crippen LogP contribution >= 0.6 is 11.8 Å². The van der Waals surface area contributed by atoms with Crippen LogP contribution in [0.15, 0.2) is 29.9 Å². The van der Waals surface area contributed by atoms with E-state index in [1.165, 1.54) is 24.0 Å². The number of aldehydes is 1. The Kier molecular flexibility index (Phi) is 6.74. The van der Waals surface area contributed by atoms with Crippen LogP contribution in [-0.2, 0) is 17.8 Å². The molecule has 0 unspecified atom stereocenters. The van der Waals surface area contributed by atoms with Crippen molar-refractivity contribution in [3.8, 4) is 5.75 Å². The second-order valence-corrected chi connectivity index (χ2v) is 7.93. The molecule has 0 aromatic heterocycles. The van der Waals surface area contributed by atoms with Crippen LogP contribution in [0.2, 0.25) is 0 Å². The summed E-state index contributed by atoms with van der Waals surface area (Å²) in [7, 11) is 2.10. The Balaban J connectivity index is 1.61. The van der Waals surface area contributed by atoms with Gasteiger partial charge in [0.05, 0.1) is 11.3 Å². The summed E-state index contributed by atoms with van der Waals surface area (Å²) in [6.45, 7) is 8.41. The van der Waals surface area contributed by atoms with E-state index in [1.54, 1.807) is 11.0 Å². The first kappa shape index (κ1) is 20.4. The average Bonchev–Trinajstić information content (AvgIpc) is 2.71. The maximum atomic E-state index is 12.8. The van der Waals surface area contributed by atoms with E-state index in [0.29, 0.717) is 37.1 Å². The smallest absolute Gasteiger partial charge is 0.233 e. The highest BCUT2D eigenvalue weighted by Crippen LogP contribution is 2.28. The number of rotatable bonds is 4. The van der Waals surface area contributed by atoms with Gasteiger partial charge < -0.3 is 19.8 Å². The number of likely N-dealkylation sites (N-methyl/N-ethyl adjacent to an activating group) is 1. The van der Waals surface area contributed by atoms with Crippen molar-refractivity contribution in [2.75, 3.05) is 45.5 Å². The number of fused-ring (bicyclic) bond motifs is 1. The summed E-state index contributed by atoms with van der Waals surface area (Å²) >= 11 is 1.45. The Morgan fingerprint density at radius 3 is 2.68 bits per heavy atom. The van der Waals surface area contributed by atoms with Crippen molar-refractivity contribution in [1.29, 1.82) is 0 Å². The topological polar surface area (TPSA) is 76.4 Å². The molecule has 0 bridgehead atoms. The lowest BCUT2D eigenvalue weighted by molar-refractivity contribution is -0.129. The van der Waals surface area contributed by atoms with Gasteiger partial charge in [0.25, 0.3) is 0 Å². The number of hydrogen-bond donors (Lipinski definition) is 1. The van der Waals surface area contributed by atoms with Crippen LogP contribution in [0.25, 0.3) is 0 Å². The van der Waals surface area contributed by atoms with Crippen LogP contribution < -0.4 is 0 Å². The highest BCUT2D eigenvalue weighted by Gasteiger charge is 2.25. The SMILES string of the molecule is C=C/N=C(\SCC(=O)N1CCc2c(ccc(O)c2C=O)C1)N1CCN(C)CC1. The molecule has 0 aliphatic carbocycles. The number of aromatic hydroxyl groups is 1. The van der Waals surface area contributed by atoms with Gasteiger partial charge in [-0.2, -0.15) is 0 Å². The van der Waals surface area contributed by atoms with Gasteiger partial charge in [0, 0.05) is 45.5 Å². The van der Waals surface area contributed by atoms with E-state index in [4.69, 9.17) is 0 Å². The zero-order valence-electron chi connectivity index (χ0n) is 16.1. The molecule has 1 saturated heterocycles. The Hall–Kier alpha value is -2.32. The number of piperazine rings is 1. The lowest BCUT2D eigenvalue weighted by atomic mass is 9.94. The third-order valence-corrected chi connectivity index (χ3v) is 6.21. The van der Waals surface area contributed by atoms with Gasteiger partial charge in [0.15, 0.2) is 11.5 Å². The van der Waals surface area contributed by atoms with Crippen molar-refractivity contribution < 1.29 is 14.7 Å². The number of phenolic OH excluding ortho intramolecular Hbond substituents is 1. The Morgan fingerprint density at radius 1 is 1.25 bits per heavy atom. The lowest BCUT2D eigenvalue weighted by Crippen LogP contribution is -2.46. The molecule has 1 fully saturated rings. The number of phenols is 1. The molecule has 1 amide bonds. The predicted molar refractivity (Wildman–Crippen MR) is 112 cm³/mol. The van der Waals surface area contributed by atoms with E-state index in [-0.39, 0.29) is 11.7 Å². The molecule has 150 valence electrons. The number of hydrogen-bond acceptors (Lipinski definition) is 6. The number of amidine groups is 1. The van der Waals surface area contributed by atoms with Crippen LogP contribution in [0.1, 0.15) is 21.5 Å². The second kappa shape index (κ2) is 9.25. The number of carbonyl (C=O) groups is 2. The zero-order valence-corrected chi connectivity index (χ0v) is 17.0. The summed E-state index contributed by atoms with van der Waals surface area (Å²) in [5.74, 6) is 0.358. The lowest BCUT2D eigenvalue weighted by Gasteiger charge is -2.34. The van der Waals surface area contributed by atoms with Gasteiger partial charge >= 0.3 is 0 Å². The molecule has 0 spiro atoms. The molecule has 28 heavy (non-hydrogen) atoms. The van der Waals surface area contributed by atoms with Crippen molar-refractivity contribution >= 4 is 29.1 Å². The summed E-state index contributed by atoms with van der Waals surface area (Å²) in [4.78, 5) is 34.6. The first-order valence-corrected chi connectivity index (χ1v) is 10.3. The number of amides is 1. The maximum Gasteiger partial charge on any atom is 0.233 e. The van der Waals surface area contributed by atoms with Gasteiger partial charge in [-0.3, -0.25) is 9.59 Å². The number of benzene rings is 1. The standard InChI is InChI=1S/C20H26N4O3S/c1-3-21-20(23-10-8-22(2)9-11-23)28-14-19(27)24-7-6-16-15(12-24)4-5-18(26)17(16)13-25/h3-5,13,26H,1,6-12,14H2,2H3/b21-20-. The summed E-state index contributed by atoms with van der Waals surface area (Å²) in [5.41, 5.74) is 2.11.